The van der Waals surface area contributed by atoms with E-state index < -0.39 is 0 Å². The van der Waals surface area contributed by atoms with Crippen LogP contribution >= 0.6 is 0 Å². The van der Waals surface area contributed by atoms with Crippen LogP contribution in [0.5, 0.6) is 0 Å². The maximum atomic E-state index is 8.37. The van der Waals surface area contributed by atoms with Crippen LogP contribution < -0.4 is 6.15 Å². The van der Waals surface area contributed by atoms with Gasteiger partial charge in [0.15, 0.2) is 0 Å². The van der Waals surface area contributed by atoms with Crippen molar-refractivity contribution in [3.8, 4) is 0 Å². The van der Waals surface area contributed by atoms with Crippen molar-refractivity contribution in [2.45, 2.75) is 18.9 Å². The highest BCUT2D eigenvalue weighted by Crippen LogP contribution is 2.11. The fraction of sp³-hybridized carbons (Fsp3) is 1.00. The molecule has 66 valence electrons. The van der Waals surface area contributed by atoms with E-state index in [1.54, 1.807) is 0 Å². The summed E-state index contributed by atoms with van der Waals surface area (Å²) >= 11 is 0. The van der Waals surface area contributed by atoms with Crippen molar-refractivity contribution >= 4 is 0 Å². The minimum atomic E-state index is 0. The van der Waals surface area contributed by atoms with Crippen LogP contribution in [0.4, 0.5) is 0 Å². The van der Waals surface area contributed by atoms with Crippen molar-refractivity contribution in [2.24, 2.45) is 0 Å². The lowest BCUT2D eigenvalue weighted by atomic mass is 10.2. The van der Waals surface area contributed by atoms with E-state index in [-0.39, 0.29) is 18.9 Å². The Balaban J connectivity index is 0.000001000. The van der Waals surface area contributed by atoms with Gasteiger partial charge in [-0.25, -0.2) is 0 Å². The molecule has 0 aromatic carbocycles. The molecule has 2 radical (unpaired) electrons. The number of hydrogen-bond donors (Lipinski definition) is 1. The van der Waals surface area contributed by atoms with E-state index in [0.717, 1.165) is 19.4 Å². The lowest BCUT2D eigenvalue weighted by Gasteiger charge is -2.08. The van der Waals surface area contributed by atoms with Gasteiger partial charge in [0.1, 0.15) is 0 Å². The monoisotopic (exact) mass is 161 g/mol. The highest BCUT2D eigenvalue weighted by atomic mass is 16.5. The second-order valence-electron chi connectivity index (χ2n) is 2.43. The summed E-state index contributed by atoms with van der Waals surface area (Å²) in [5.41, 5.74) is 0. The number of aliphatic hydroxyl groups is 1. The van der Waals surface area contributed by atoms with Crippen molar-refractivity contribution in [1.82, 2.24) is 6.15 Å². The zero-order chi connectivity index (χ0) is 7.23. The molecule has 1 aliphatic heterocycles. The molecular formula is C7H15NO3. The van der Waals surface area contributed by atoms with Gasteiger partial charge in [0, 0.05) is 6.61 Å². The summed E-state index contributed by atoms with van der Waals surface area (Å²) in [6.07, 6.45) is 2.53. The molecule has 0 spiro atoms. The molecular weight excluding hydrogens is 146 g/mol. The maximum absolute atomic E-state index is 8.37. The molecule has 1 atom stereocenters. The van der Waals surface area contributed by atoms with E-state index in [4.69, 9.17) is 14.6 Å². The van der Waals surface area contributed by atoms with Gasteiger partial charge in [-0.05, 0) is 12.8 Å². The first-order valence-corrected chi connectivity index (χ1v) is 3.73. The number of nitrogens with one attached hydrogen (secondary N) is 1. The summed E-state index contributed by atoms with van der Waals surface area (Å²) in [5, 5.41) is 8.37. The average molecular weight is 161 g/mol. The Labute approximate surface area is 67.1 Å². The second kappa shape index (κ2) is 6.54. The largest absolute Gasteiger partial charge is 0.394 e. The molecule has 2 N–H and O–H groups in total. The van der Waals surface area contributed by atoms with Gasteiger partial charge < -0.3 is 14.6 Å². The molecule has 0 saturated carbocycles. The van der Waals surface area contributed by atoms with E-state index in [1.807, 2.05) is 0 Å². The lowest BCUT2D eigenvalue weighted by Crippen LogP contribution is -2.15. The predicted molar refractivity (Wildman–Crippen MR) is 40.0 cm³/mol. The number of hydrogen-bond acceptors (Lipinski definition) is 3. The molecule has 0 aromatic rings. The smallest absolute Gasteiger partial charge is 0.0809 e. The Hall–Kier alpha value is -0.160. The number of aliphatic hydroxyl groups excluding tert-OH is 1. The van der Waals surface area contributed by atoms with E-state index in [9.17, 15) is 0 Å². The fourth-order valence-electron chi connectivity index (χ4n) is 1.06. The highest BCUT2D eigenvalue weighted by Gasteiger charge is 2.14. The van der Waals surface area contributed by atoms with Gasteiger partial charge in [-0.15, -0.1) is 0 Å². The molecule has 1 saturated heterocycles. The van der Waals surface area contributed by atoms with Gasteiger partial charge in [-0.1, -0.05) is 0 Å². The molecule has 0 amide bonds. The molecule has 1 fully saturated rings. The highest BCUT2D eigenvalue weighted by molar-refractivity contribution is 4.62. The normalized spacial score (nSPS) is 23.2. The summed E-state index contributed by atoms with van der Waals surface area (Å²) in [5.74, 6) is 0. The molecule has 1 heterocycles. The maximum Gasteiger partial charge on any atom is 0.0809 e. The van der Waals surface area contributed by atoms with Crippen LogP contribution in [-0.2, 0) is 9.47 Å². The second-order valence-corrected chi connectivity index (χ2v) is 2.43. The molecule has 0 aliphatic carbocycles. The molecule has 11 heavy (non-hydrogen) atoms. The van der Waals surface area contributed by atoms with Crippen LogP contribution in [0.25, 0.3) is 0 Å². The summed E-state index contributed by atoms with van der Waals surface area (Å²) in [4.78, 5) is 0. The quantitative estimate of drug-likeness (QED) is 0.585. The summed E-state index contributed by atoms with van der Waals surface area (Å²) in [7, 11) is 0. The van der Waals surface area contributed by atoms with Crippen LogP contribution in [-0.4, -0.2) is 37.6 Å². The van der Waals surface area contributed by atoms with Gasteiger partial charge in [-0.2, -0.15) is 6.15 Å². The minimum absolute atomic E-state index is 0. The zero-order valence-corrected chi connectivity index (χ0v) is 6.58. The molecule has 1 aliphatic rings. The Morgan fingerprint density at radius 1 is 1.55 bits per heavy atom. The standard InChI is InChI=1S/C7H14O3.HN/c8-3-5-9-6-7-2-1-4-10-7;/h7-8H,1-6H2;1H. The molecule has 1 rings (SSSR count). The van der Waals surface area contributed by atoms with Crippen molar-refractivity contribution in [1.29, 1.82) is 0 Å². The van der Waals surface area contributed by atoms with E-state index >= 15 is 0 Å². The van der Waals surface area contributed by atoms with Crippen molar-refractivity contribution in [2.75, 3.05) is 26.4 Å². The first kappa shape index (κ1) is 10.8. The predicted octanol–water partition coefficient (Wildman–Crippen LogP) is -0.0921. The number of rotatable bonds is 4. The van der Waals surface area contributed by atoms with E-state index in [0.29, 0.717) is 13.2 Å². The fourth-order valence-corrected chi connectivity index (χ4v) is 1.06. The third-order valence-corrected chi connectivity index (χ3v) is 1.56. The molecule has 0 bridgehead atoms. The van der Waals surface area contributed by atoms with Crippen LogP contribution in [0, 0.1) is 0 Å². The van der Waals surface area contributed by atoms with Crippen molar-refractivity contribution in [3.63, 3.8) is 0 Å². The Morgan fingerprint density at radius 2 is 2.36 bits per heavy atom. The zero-order valence-electron chi connectivity index (χ0n) is 6.58. The minimum Gasteiger partial charge on any atom is -0.394 e. The summed E-state index contributed by atoms with van der Waals surface area (Å²) in [6.45, 7) is 2.04. The Kier molecular flexibility index (Phi) is 6.45. The van der Waals surface area contributed by atoms with Crippen LogP contribution in [0.3, 0.4) is 0 Å². The summed E-state index contributed by atoms with van der Waals surface area (Å²) in [6, 6.07) is 0. The van der Waals surface area contributed by atoms with Crippen LogP contribution in [0.2, 0.25) is 0 Å². The number of ether oxygens (including phenoxy) is 2. The lowest BCUT2D eigenvalue weighted by molar-refractivity contribution is 0.00603. The van der Waals surface area contributed by atoms with Gasteiger partial charge in [0.05, 0.1) is 25.9 Å². The first-order chi connectivity index (χ1) is 4.93. The molecule has 0 aromatic heterocycles. The molecule has 1 unspecified atom stereocenters. The van der Waals surface area contributed by atoms with Gasteiger partial charge >= 0.3 is 0 Å². The third-order valence-electron chi connectivity index (χ3n) is 1.56. The van der Waals surface area contributed by atoms with Crippen molar-refractivity contribution < 1.29 is 14.6 Å². The molecule has 4 nitrogen and oxygen atoms in total. The van der Waals surface area contributed by atoms with Crippen LogP contribution in [0.1, 0.15) is 12.8 Å². The Morgan fingerprint density at radius 3 is 2.91 bits per heavy atom. The van der Waals surface area contributed by atoms with Gasteiger partial charge in [0.2, 0.25) is 0 Å². The van der Waals surface area contributed by atoms with E-state index in [1.165, 1.54) is 0 Å². The average Bonchev–Trinajstić information content (AvgIpc) is 2.41. The van der Waals surface area contributed by atoms with Crippen molar-refractivity contribution in [3.05, 3.63) is 0 Å². The van der Waals surface area contributed by atoms with Gasteiger partial charge in [0.25, 0.3) is 0 Å². The SMILES string of the molecule is OCCOCC1CCCO1.[NH]. The Bertz CT molecular complexity index is 83.8. The first-order valence-electron chi connectivity index (χ1n) is 3.73. The third kappa shape index (κ3) is 4.31. The summed E-state index contributed by atoms with van der Waals surface area (Å²) < 4.78 is 10.4. The van der Waals surface area contributed by atoms with Gasteiger partial charge in [-0.3, -0.25) is 0 Å². The van der Waals surface area contributed by atoms with E-state index in [2.05, 4.69) is 0 Å². The molecule has 4 heteroatoms. The topological polar surface area (TPSA) is 70.7 Å². The van der Waals surface area contributed by atoms with Crippen LogP contribution in [0.15, 0.2) is 0 Å².